The van der Waals surface area contributed by atoms with Crippen LogP contribution in [0.25, 0.3) is 10.8 Å². The van der Waals surface area contributed by atoms with Crippen LogP contribution in [0.4, 0.5) is 0 Å². The van der Waals surface area contributed by atoms with Crippen molar-refractivity contribution in [3.8, 4) is 6.07 Å². The first-order chi connectivity index (χ1) is 8.58. The molecule has 0 radical (unpaired) electrons. The Morgan fingerprint density at radius 2 is 1.78 bits per heavy atom. The summed E-state index contributed by atoms with van der Waals surface area (Å²) in [4.78, 5) is 0. The van der Waals surface area contributed by atoms with Crippen molar-refractivity contribution >= 4 is 10.8 Å². The molecule has 2 nitrogen and oxygen atoms in total. The Morgan fingerprint density at radius 1 is 1.11 bits per heavy atom. The minimum Gasteiger partial charge on any atom is -0.312 e. The molecule has 18 heavy (non-hydrogen) atoms. The third-order valence-electron chi connectivity index (χ3n) is 3.41. The minimum atomic E-state index is -0.433. The topological polar surface area (TPSA) is 35.8 Å². The van der Waals surface area contributed by atoms with Gasteiger partial charge in [-0.25, -0.2) is 0 Å². The Hall–Kier alpha value is -1.85. The summed E-state index contributed by atoms with van der Waals surface area (Å²) in [6, 6.07) is 17.1. The summed E-state index contributed by atoms with van der Waals surface area (Å²) in [5, 5.41) is 15.0. The molecule has 0 aliphatic carbocycles. The van der Waals surface area contributed by atoms with E-state index in [9.17, 15) is 5.26 Å². The number of benzene rings is 2. The van der Waals surface area contributed by atoms with Crippen LogP contribution < -0.4 is 5.32 Å². The first-order valence-electron chi connectivity index (χ1n) is 6.16. The van der Waals surface area contributed by atoms with Crippen LogP contribution in [0, 0.1) is 16.7 Å². The number of hydrogen-bond acceptors (Lipinski definition) is 2. The van der Waals surface area contributed by atoms with E-state index in [1.807, 2.05) is 33.0 Å². The maximum atomic E-state index is 9.28. The Labute approximate surface area is 108 Å². The highest BCUT2D eigenvalue weighted by Crippen LogP contribution is 2.33. The molecule has 0 amide bonds. The summed E-state index contributed by atoms with van der Waals surface area (Å²) < 4.78 is 0. The standard InChI is InChI=1S/C16H18N2/c1-16(2,11-17)15(18-3)14-9-8-12-6-4-5-7-13(12)10-14/h4-10,15,18H,1-3H3. The lowest BCUT2D eigenvalue weighted by Gasteiger charge is -2.28. The number of nitrogens with zero attached hydrogens (tertiary/aromatic N) is 1. The first-order valence-corrected chi connectivity index (χ1v) is 6.16. The quantitative estimate of drug-likeness (QED) is 0.886. The smallest absolute Gasteiger partial charge is 0.0712 e. The molecule has 0 bridgehead atoms. The average Bonchev–Trinajstić information content (AvgIpc) is 2.39. The zero-order chi connectivity index (χ0) is 13.2. The summed E-state index contributed by atoms with van der Waals surface area (Å²) in [7, 11) is 1.90. The van der Waals surface area contributed by atoms with E-state index in [4.69, 9.17) is 0 Å². The van der Waals surface area contributed by atoms with Gasteiger partial charge in [-0.05, 0) is 43.3 Å². The minimum absolute atomic E-state index is 0.0344. The number of nitrogens with one attached hydrogen (secondary N) is 1. The van der Waals surface area contributed by atoms with Crippen LogP contribution in [-0.4, -0.2) is 7.05 Å². The second-order valence-electron chi connectivity index (χ2n) is 5.16. The molecule has 1 N–H and O–H groups in total. The average molecular weight is 238 g/mol. The monoisotopic (exact) mass is 238 g/mol. The van der Waals surface area contributed by atoms with Gasteiger partial charge in [-0.2, -0.15) is 5.26 Å². The summed E-state index contributed by atoms with van der Waals surface area (Å²) in [6.07, 6.45) is 0. The van der Waals surface area contributed by atoms with E-state index in [1.54, 1.807) is 0 Å². The molecule has 92 valence electrons. The highest BCUT2D eigenvalue weighted by atomic mass is 14.9. The van der Waals surface area contributed by atoms with Crippen molar-refractivity contribution in [2.75, 3.05) is 7.05 Å². The molecule has 0 spiro atoms. The van der Waals surface area contributed by atoms with Crippen molar-refractivity contribution < 1.29 is 0 Å². The summed E-state index contributed by atoms with van der Waals surface area (Å²) in [5.41, 5.74) is 0.722. The fourth-order valence-electron chi connectivity index (χ4n) is 2.40. The van der Waals surface area contributed by atoms with Crippen molar-refractivity contribution in [2.24, 2.45) is 5.41 Å². The molecule has 0 heterocycles. The van der Waals surface area contributed by atoms with Gasteiger partial charge < -0.3 is 5.32 Å². The lowest BCUT2D eigenvalue weighted by atomic mass is 9.81. The van der Waals surface area contributed by atoms with Gasteiger partial charge in [-0.3, -0.25) is 0 Å². The van der Waals surface area contributed by atoms with Crippen LogP contribution >= 0.6 is 0 Å². The van der Waals surface area contributed by atoms with E-state index < -0.39 is 5.41 Å². The van der Waals surface area contributed by atoms with Crippen molar-refractivity contribution in [3.63, 3.8) is 0 Å². The highest BCUT2D eigenvalue weighted by Gasteiger charge is 2.29. The molecule has 2 rings (SSSR count). The maximum Gasteiger partial charge on any atom is 0.0712 e. The zero-order valence-corrected chi connectivity index (χ0v) is 11.1. The predicted octanol–water partition coefficient (Wildman–Crippen LogP) is 3.65. The Kier molecular flexibility index (Phi) is 3.36. The van der Waals surface area contributed by atoms with Gasteiger partial charge in [0.25, 0.3) is 0 Å². The molecule has 0 fully saturated rings. The Balaban J connectivity index is 2.50. The molecule has 2 aromatic carbocycles. The van der Waals surface area contributed by atoms with Gasteiger partial charge in [-0.1, -0.05) is 36.4 Å². The van der Waals surface area contributed by atoms with Crippen molar-refractivity contribution in [1.82, 2.24) is 5.32 Å². The van der Waals surface area contributed by atoms with Crippen LogP contribution in [0.3, 0.4) is 0 Å². The molecule has 1 unspecified atom stereocenters. The van der Waals surface area contributed by atoms with Gasteiger partial charge in [0.15, 0.2) is 0 Å². The second kappa shape index (κ2) is 4.80. The van der Waals surface area contributed by atoms with E-state index in [2.05, 4.69) is 41.7 Å². The third kappa shape index (κ3) is 2.23. The number of fused-ring (bicyclic) bond motifs is 1. The molecule has 0 saturated carbocycles. The number of rotatable bonds is 3. The molecular weight excluding hydrogens is 220 g/mol. The fraction of sp³-hybridized carbons (Fsp3) is 0.312. The van der Waals surface area contributed by atoms with E-state index in [0.717, 1.165) is 5.56 Å². The number of hydrogen-bond donors (Lipinski definition) is 1. The molecule has 0 aromatic heterocycles. The van der Waals surface area contributed by atoms with Gasteiger partial charge in [0.1, 0.15) is 0 Å². The van der Waals surface area contributed by atoms with Gasteiger partial charge >= 0.3 is 0 Å². The third-order valence-corrected chi connectivity index (χ3v) is 3.41. The molecule has 1 atom stereocenters. The molecule has 2 heteroatoms. The normalized spacial score (nSPS) is 13.2. The molecule has 0 saturated heterocycles. The van der Waals surface area contributed by atoms with Gasteiger partial charge in [0.2, 0.25) is 0 Å². The number of nitriles is 1. The lowest BCUT2D eigenvalue weighted by Crippen LogP contribution is -2.30. The Bertz CT molecular complexity index is 593. The SMILES string of the molecule is CNC(c1ccc2ccccc2c1)C(C)(C)C#N. The zero-order valence-electron chi connectivity index (χ0n) is 11.1. The van der Waals surface area contributed by atoms with E-state index in [-0.39, 0.29) is 6.04 Å². The van der Waals surface area contributed by atoms with Crippen molar-refractivity contribution in [1.29, 1.82) is 5.26 Å². The highest BCUT2D eigenvalue weighted by molar-refractivity contribution is 5.83. The molecule has 0 aliphatic heterocycles. The maximum absolute atomic E-state index is 9.28. The van der Waals surface area contributed by atoms with E-state index in [0.29, 0.717) is 0 Å². The molecule has 0 aliphatic rings. The van der Waals surface area contributed by atoms with Gasteiger partial charge in [-0.15, -0.1) is 0 Å². The van der Waals surface area contributed by atoms with Crippen LogP contribution in [0.15, 0.2) is 42.5 Å². The first kappa shape index (κ1) is 12.6. The van der Waals surface area contributed by atoms with Crippen LogP contribution in [0.1, 0.15) is 25.5 Å². The van der Waals surface area contributed by atoms with E-state index in [1.165, 1.54) is 10.8 Å². The lowest BCUT2D eigenvalue weighted by molar-refractivity contribution is 0.344. The van der Waals surface area contributed by atoms with Gasteiger partial charge in [0, 0.05) is 0 Å². The predicted molar refractivity (Wildman–Crippen MR) is 75.1 cm³/mol. The fourth-order valence-corrected chi connectivity index (χ4v) is 2.40. The molecular formula is C16H18N2. The Morgan fingerprint density at radius 3 is 2.39 bits per heavy atom. The van der Waals surface area contributed by atoms with Gasteiger partial charge in [0.05, 0.1) is 17.5 Å². The summed E-state index contributed by atoms with van der Waals surface area (Å²) >= 11 is 0. The van der Waals surface area contributed by atoms with E-state index >= 15 is 0 Å². The molecule has 2 aromatic rings. The van der Waals surface area contributed by atoms with Crippen LogP contribution in [0.5, 0.6) is 0 Å². The van der Waals surface area contributed by atoms with Crippen molar-refractivity contribution in [3.05, 3.63) is 48.0 Å². The summed E-state index contributed by atoms with van der Waals surface area (Å²) in [6.45, 7) is 3.92. The summed E-state index contributed by atoms with van der Waals surface area (Å²) in [5.74, 6) is 0. The largest absolute Gasteiger partial charge is 0.312 e. The van der Waals surface area contributed by atoms with Crippen LogP contribution in [-0.2, 0) is 0 Å². The van der Waals surface area contributed by atoms with Crippen molar-refractivity contribution in [2.45, 2.75) is 19.9 Å². The second-order valence-corrected chi connectivity index (χ2v) is 5.16. The van der Waals surface area contributed by atoms with Crippen LogP contribution in [0.2, 0.25) is 0 Å².